The third kappa shape index (κ3) is 4.84. The van der Waals surface area contributed by atoms with E-state index in [1.807, 2.05) is 18.2 Å². The van der Waals surface area contributed by atoms with Gasteiger partial charge in [0.15, 0.2) is 0 Å². The quantitative estimate of drug-likeness (QED) is 0.863. The number of amides is 1. The summed E-state index contributed by atoms with van der Waals surface area (Å²) in [4.78, 5) is 18.5. The number of pyridine rings is 1. The van der Waals surface area contributed by atoms with Crippen LogP contribution >= 0.6 is 23.2 Å². The van der Waals surface area contributed by atoms with Crippen molar-refractivity contribution in [3.05, 3.63) is 57.8 Å². The first kappa shape index (κ1) is 18.0. The third-order valence-corrected chi connectivity index (χ3v) is 4.61. The van der Waals surface area contributed by atoms with E-state index in [2.05, 4.69) is 10.3 Å². The molecule has 0 bridgehead atoms. The van der Waals surface area contributed by atoms with Crippen LogP contribution in [0, 0.1) is 0 Å². The van der Waals surface area contributed by atoms with Gasteiger partial charge in [0.05, 0.1) is 24.5 Å². The predicted octanol–water partition coefficient (Wildman–Crippen LogP) is 3.52. The van der Waals surface area contributed by atoms with Gasteiger partial charge in [0.2, 0.25) is 0 Å². The standard InChI is InChI=1S/C18H19Cl2N3O2/c19-15-2-1-13(17(20)10-15)3-4-22-16-9-14(11-21-12-16)18(24)23-5-7-25-8-6-23/h1-2,9-12,22H,3-8H2. The normalized spacial score (nSPS) is 14.4. The van der Waals surface area contributed by atoms with E-state index in [1.54, 1.807) is 23.4 Å². The summed E-state index contributed by atoms with van der Waals surface area (Å²) in [6.45, 7) is 3.08. The second-order valence-corrected chi connectivity index (χ2v) is 6.62. The maximum atomic E-state index is 12.5. The highest BCUT2D eigenvalue weighted by atomic mass is 35.5. The van der Waals surface area contributed by atoms with E-state index in [9.17, 15) is 4.79 Å². The number of ether oxygens (including phenoxy) is 1. The second-order valence-electron chi connectivity index (χ2n) is 5.78. The molecule has 1 amide bonds. The van der Waals surface area contributed by atoms with Gasteiger partial charge in [-0.15, -0.1) is 0 Å². The van der Waals surface area contributed by atoms with Crippen molar-refractivity contribution in [2.75, 3.05) is 38.2 Å². The van der Waals surface area contributed by atoms with Crippen LogP contribution < -0.4 is 5.32 Å². The number of benzene rings is 1. The fourth-order valence-corrected chi connectivity index (χ4v) is 3.17. The molecule has 1 saturated heterocycles. The summed E-state index contributed by atoms with van der Waals surface area (Å²) in [5, 5.41) is 4.57. The number of hydrogen-bond donors (Lipinski definition) is 1. The molecule has 1 N–H and O–H groups in total. The molecule has 5 nitrogen and oxygen atoms in total. The van der Waals surface area contributed by atoms with Crippen molar-refractivity contribution in [2.45, 2.75) is 6.42 Å². The van der Waals surface area contributed by atoms with Crippen molar-refractivity contribution < 1.29 is 9.53 Å². The molecule has 1 aliphatic rings. The van der Waals surface area contributed by atoms with Crippen molar-refractivity contribution in [2.24, 2.45) is 0 Å². The maximum absolute atomic E-state index is 12.5. The van der Waals surface area contributed by atoms with Crippen LogP contribution in [-0.4, -0.2) is 48.6 Å². The zero-order valence-corrected chi connectivity index (χ0v) is 15.2. The summed E-state index contributed by atoms with van der Waals surface area (Å²) in [5.74, 6) is -0.0137. The number of anilines is 1. The van der Waals surface area contributed by atoms with Gasteiger partial charge in [0, 0.05) is 42.1 Å². The molecular formula is C18H19Cl2N3O2. The average Bonchev–Trinajstić information content (AvgIpc) is 2.64. The van der Waals surface area contributed by atoms with Crippen LogP contribution in [0.2, 0.25) is 10.0 Å². The van der Waals surface area contributed by atoms with Gasteiger partial charge in [0.25, 0.3) is 5.91 Å². The van der Waals surface area contributed by atoms with E-state index in [-0.39, 0.29) is 5.91 Å². The molecular weight excluding hydrogens is 361 g/mol. The monoisotopic (exact) mass is 379 g/mol. The lowest BCUT2D eigenvalue weighted by Gasteiger charge is -2.26. The third-order valence-electron chi connectivity index (χ3n) is 4.02. The molecule has 0 aliphatic carbocycles. The van der Waals surface area contributed by atoms with Crippen molar-refractivity contribution in [1.82, 2.24) is 9.88 Å². The summed E-state index contributed by atoms with van der Waals surface area (Å²) in [7, 11) is 0. The molecule has 2 aromatic rings. The lowest BCUT2D eigenvalue weighted by molar-refractivity contribution is 0.0302. The molecule has 0 spiro atoms. The highest BCUT2D eigenvalue weighted by Crippen LogP contribution is 2.21. The first-order valence-electron chi connectivity index (χ1n) is 8.13. The number of rotatable bonds is 5. The lowest BCUT2D eigenvalue weighted by atomic mass is 10.1. The van der Waals surface area contributed by atoms with Gasteiger partial charge in [0.1, 0.15) is 0 Å². The van der Waals surface area contributed by atoms with E-state index in [4.69, 9.17) is 27.9 Å². The minimum Gasteiger partial charge on any atom is -0.383 e. The first-order chi connectivity index (χ1) is 12.1. The molecule has 0 atom stereocenters. The highest BCUT2D eigenvalue weighted by molar-refractivity contribution is 6.35. The summed E-state index contributed by atoms with van der Waals surface area (Å²) in [6, 6.07) is 7.31. The number of carbonyl (C=O) groups is 1. The van der Waals surface area contributed by atoms with Gasteiger partial charge >= 0.3 is 0 Å². The Bertz CT molecular complexity index is 749. The number of morpholine rings is 1. The van der Waals surface area contributed by atoms with Gasteiger partial charge in [-0.3, -0.25) is 9.78 Å². The number of carbonyl (C=O) groups excluding carboxylic acids is 1. The molecule has 1 aromatic heterocycles. The van der Waals surface area contributed by atoms with E-state index >= 15 is 0 Å². The fourth-order valence-electron chi connectivity index (χ4n) is 2.67. The molecule has 1 aromatic carbocycles. The second kappa shape index (κ2) is 8.52. The van der Waals surface area contributed by atoms with Gasteiger partial charge in [-0.1, -0.05) is 29.3 Å². The number of halogens is 2. The predicted molar refractivity (Wildman–Crippen MR) is 99.6 cm³/mol. The van der Waals surface area contributed by atoms with E-state index < -0.39 is 0 Å². The number of nitrogens with zero attached hydrogens (tertiary/aromatic N) is 2. The molecule has 0 radical (unpaired) electrons. The van der Waals surface area contributed by atoms with Crippen LogP contribution in [0.3, 0.4) is 0 Å². The molecule has 0 unspecified atom stereocenters. The lowest BCUT2D eigenvalue weighted by Crippen LogP contribution is -2.40. The van der Waals surface area contributed by atoms with Crippen LogP contribution in [0.15, 0.2) is 36.7 Å². The van der Waals surface area contributed by atoms with Gasteiger partial charge in [-0.2, -0.15) is 0 Å². The van der Waals surface area contributed by atoms with Crippen LogP contribution in [0.5, 0.6) is 0 Å². The molecule has 1 aliphatic heterocycles. The number of aromatic nitrogens is 1. The van der Waals surface area contributed by atoms with Crippen molar-refractivity contribution in [3.63, 3.8) is 0 Å². The van der Waals surface area contributed by atoms with Gasteiger partial charge < -0.3 is 15.0 Å². The first-order valence-corrected chi connectivity index (χ1v) is 8.89. The Morgan fingerprint density at radius 1 is 1.20 bits per heavy atom. The number of hydrogen-bond acceptors (Lipinski definition) is 4. The molecule has 25 heavy (non-hydrogen) atoms. The molecule has 3 rings (SSSR count). The van der Waals surface area contributed by atoms with E-state index in [0.29, 0.717) is 48.5 Å². The Balaban J connectivity index is 1.58. The van der Waals surface area contributed by atoms with E-state index in [1.165, 1.54) is 0 Å². The van der Waals surface area contributed by atoms with Crippen LogP contribution in [-0.2, 0) is 11.2 Å². The van der Waals surface area contributed by atoms with Crippen LogP contribution in [0.4, 0.5) is 5.69 Å². The topological polar surface area (TPSA) is 54.5 Å². The Hall–Kier alpha value is -1.82. The molecule has 1 fully saturated rings. The van der Waals surface area contributed by atoms with Crippen molar-refractivity contribution in [1.29, 1.82) is 0 Å². The zero-order chi connectivity index (χ0) is 17.6. The molecule has 2 heterocycles. The summed E-state index contributed by atoms with van der Waals surface area (Å²) in [5.41, 5.74) is 2.41. The van der Waals surface area contributed by atoms with Crippen molar-refractivity contribution in [3.8, 4) is 0 Å². The summed E-state index contributed by atoms with van der Waals surface area (Å²) < 4.78 is 5.28. The summed E-state index contributed by atoms with van der Waals surface area (Å²) >= 11 is 12.1. The molecule has 0 saturated carbocycles. The SMILES string of the molecule is O=C(c1cncc(NCCc2ccc(Cl)cc2Cl)c1)N1CCOCC1. The Kier molecular flexibility index (Phi) is 6.13. The Morgan fingerprint density at radius 3 is 2.76 bits per heavy atom. The van der Waals surface area contributed by atoms with Gasteiger partial charge in [-0.25, -0.2) is 0 Å². The smallest absolute Gasteiger partial charge is 0.255 e. The minimum absolute atomic E-state index is 0.0137. The average molecular weight is 380 g/mol. The highest BCUT2D eigenvalue weighted by Gasteiger charge is 2.18. The molecule has 132 valence electrons. The number of nitrogens with one attached hydrogen (secondary N) is 1. The minimum atomic E-state index is -0.0137. The van der Waals surface area contributed by atoms with Gasteiger partial charge in [-0.05, 0) is 30.2 Å². The van der Waals surface area contributed by atoms with Crippen LogP contribution in [0.25, 0.3) is 0 Å². The fraction of sp³-hybridized carbons (Fsp3) is 0.333. The van der Waals surface area contributed by atoms with E-state index in [0.717, 1.165) is 17.7 Å². The van der Waals surface area contributed by atoms with Crippen LogP contribution in [0.1, 0.15) is 15.9 Å². The Morgan fingerprint density at radius 2 is 2.00 bits per heavy atom. The largest absolute Gasteiger partial charge is 0.383 e. The zero-order valence-electron chi connectivity index (χ0n) is 13.7. The molecule has 7 heteroatoms. The Labute approximate surface area is 156 Å². The van der Waals surface area contributed by atoms with Crippen molar-refractivity contribution >= 4 is 34.8 Å². The summed E-state index contributed by atoms with van der Waals surface area (Å²) in [6.07, 6.45) is 4.05. The maximum Gasteiger partial charge on any atom is 0.255 e.